The molecule has 1 nitrogen and oxygen atoms in total. The summed E-state index contributed by atoms with van der Waals surface area (Å²) in [4.78, 5) is 1.37. The van der Waals surface area contributed by atoms with Crippen LogP contribution in [-0.4, -0.2) is 6.04 Å². The SMILES string of the molecule is c1cc(CNC2CC2)cc(SCc2ccsc2)c1. The van der Waals surface area contributed by atoms with Crippen molar-refractivity contribution in [2.45, 2.75) is 36.1 Å². The molecule has 1 aliphatic carbocycles. The molecule has 1 fully saturated rings. The molecule has 0 bridgehead atoms. The van der Waals surface area contributed by atoms with Crippen LogP contribution < -0.4 is 5.32 Å². The van der Waals surface area contributed by atoms with E-state index in [2.05, 4.69) is 46.4 Å². The zero-order valence-electron chi connectivity index (χ0n) is 10.3. The molecule has 0 radical (unpaired) electrons. The molecule has 2 aromatic rings. The van der Waals surface area contributed by atoms with Gasteiger partial charge in [-0.1, -0.05) is 12.1 Å². The first kappa shape index (κ1) is 12.3. The van der Waals surface area contributed by atoms with Gasteiger partial charge in [0.1, 0.15) is 0 Å². The normalized spacial score (nSPS) is 14.9. The maximum Gasteiger partial charge on any atom is 0.0240 e. The van der Waals surface area contributed by atoms with E-state index in [1.54, 1.807) is 11.3 Å². The predicted molar refractivity (Wildman–Crippen MR) is 80.2 cm³/mol. The van der Waals surface area contributed by atoms with Crippen molar-refractivity contribution in [3.63, 3.8) is 0 Å². The van der Waals surface area contributed by atoms with Gasteiger partial charge in [-0.2, -0.15) is 11.3 Å². The molecule has 0 atom stereocenters. The average Bonchev–Trinajstić information content (AvgIpc) is 3.09. The Bertz CT molecular complexity index is 489. The second-order valence-electron chi connectivity index (χ2n) is 4.72. The van der Waals surface area contributed by atoms with Gasteiger partial charge < -0.3 is 5.32 Å². The number of hydrogen-bond acceptors (Lipinski definition) is 3. The number of nitrogens with one attached hydrogen (secondary N) is 1. The van der Waals surface area contributed by atoms with Gasteiger partial charge in [0.15, 0.2) is 0 Å². The maximum absolute atomic E-state index is 3.56. The van der Waals surface area contributed by atoms with Gasteiger partial charge in [-0.15, -0.1) is 11.8 Å². The average molecular weight is 275 g/mol. The van der Waals surface area contributed by atoms with Gasteiger partial charge in [0.05, 0.1) is 0 Å². The molecule has 1 aromatic heterocycles. The Kier molecular flexibility index (Phi) is 4.03. The van der Waals surface area contributed by atoms with Crippen molar-refractivity contribution in [3.8, 4) is 0 Å². The molecule has 1 N–H and O–H groups in total. The summed E-state index contributed by atoms with van der Waals surface area (Å²) < 4.78 is 0. The van der Waals surface area contributed by atoms with Gasteiger partial charge in [0.2, 0.25) is 0 Å². The quantitative estimate of drug-likeness (QED) is 0.789. The Morgan fingerprint density at radius 1 is 1.22 bits per heavy atom. The summed E-state index contributed by atoms with van der Waals surface area (Å²) in [5.41, 5.74) is 2.82. The highest BCUT2D eigenvalue weighted by molar-refractivity contribution is 7.98. The van der Waals surface area contributed by atoms with Gasteiger partial charge in [-0.05, 0) is 52.9 Å². The van der Waals surface area contributed by atoms with Gasteiger partial charge in [-0.3, -0.25) is 0 Å². The summed E-state index contributed by atoms with van der Waals surface area (Å²) in [5.74, 6) is 1.07. The first-order valence-electron chi connectivity index (χ1n) is 6.36. The molecule has 1 aliphatic rings. The molecule has 3 rings (SSSR count). The van der Waals surface area contributed by atoms with Crippen molar-refractivity contribution in [3.05, 3.63) is 52.2 Å². The van der Waals surface area contributed by atoms with Crippen LogP contribution in [0.2, 0.25) is 0 Å². The molecule has 1 heterocycles. The van der Waals surface area contributed by atoms with Crippen LogP contribution in [0.15, 0.2) is 46.0 Å². The van der Waals surface area contributed by atoms with Crippen molar-refractivity contribution >= 4 is 23.1 Å². The molecule has 0 spiro atoms. The smallest absolute Gasteiger partial charge is 0.0240 e. The summed E-state index contributed by atoms with van der Waals surface area (Å²) in [5, 5.41) is 7.93. The van der Waals surface area contributed by atoms with Crippen LogP contribution >= 0.6 is 23.1 Å². The first-order chi connectivity index (χ1) is 8.90. The lowest BCUT2D eigenvalue weighted by Crippen LogP contribution is -2.15. The number of rotatable bonds is 6. The maximum atomic E-state index is 3.56. The summed E-state index contributed by atoms with van der Waals surface area (Å²) >= 11 is 3.69. The highest BCUT2D eigenvalue weighted by Gasteiger charge is 2.19. The van der Waals surface area contributed by atoms with Gasteiger partial charge in [-0.25, -0.2) is 0 Å². The van der Waals surface area contributed by atoms with Gasteiger partial charge >= 0.3 is 0 Å². The molecule has 1 aromatic carbocycles. The fourth-order valence-corrected chi connectivity index (χ4v) is 3.53. The molecule has 0 amide bonds. The standard InChI is InChI=1S/C15H17NS2/c1-2-12(9-16-14-4-5-14)8-15(3-1)18-11-13-6-7-17-10-13/h1-3,6-8,10,14,16H,4-5,9,11H2. The molecule has 0 aliphatic heterocycles. The fraction of sp³-hybridized carbons (Fsp3) is 0.333. The van der Waals surface area contributed by atoms with Crippen LogP contribution in [0.4, 0.5) is 0 Å². The largest absolute Gasteiger partial charge is 0.310 e. The Labute approximate surface area is 117 Å². The van der Waals surface area contributed by atoms with Crippen LogP contribution in [0.3, 0.4) is 0 Å². The topological polar surface area (TPSA) is 12.0 Å². The van der Waals surface area contributed by atoms with Crippen molar-refractivity contribution in [2.75, 3.05) is 0 Å². The van der Waals surface area contributed by atoms with Crippen molar-refractivity contribution < 1.29 is 0 Å². The second kappa shape index (κ2) is 5.91. The molecule has 18 heavy (non-hydrogen) atoms. The number of benzene rings is 1. The van der Waals surface area contributed by atoms with E-state index in [9.17, 15) is 0 Å². The number of hydrogen-bond donors (Lipinski definition) is 1. The van der Waals surface area contributed by atoms with E-state index in [1.807, 2.05) is 11.8 Å². The van der Waals surface area contributed by atoms with E-state index in [0.717, 1.165) is 18.3 Å². The second-order valence-corrected chi connectivity index (χ2v) is 6.55. The van der Waals surface area contributed by atoms with Crippen molar-refractivity contribution in [2.24, 2.45) is 0 Å². The Balaban J connectivity index is 1.55. The Morgan fingerprint density at radius 3 is 2.94 bits per heavy atom. The van der Waals surface area contributed by atoms with E-state index in [4.69, 9.17) is 0 Å². The van der Waals surface area contributed by atoms with Gasteiger partial charge in [0.25, 0.3) is 0 Å². The van der Waals surface area contributed by atoms with Crippen molar-refractivity contribution in [1.82, 2.24) is 5.32 Å². The minimum atomic E-state index is 0.784. The van der Waals surface area contributed by atoms with Crippen molar-refractivity contribution in [1.29, 1.82) is 0 Å². The Morgan fingerprint density at radius 2 is 2.17 bits per heavy atom. The number of thioether (sulfide) groups is 1. The lowest BCUT2D eigenvalue weighted by molar-refractivity contribution is 0.687. The van der Waals surface area contributed by atoms with Crippen LogP contribution in [0.25, 0.3) is 0 Å². The van der Waals surface area contributed by atoms with E-state index < -0.39 is 0 Å². The third-order valence-electron chi connectivity index (χ3n) is 3.06. The third-order valence-corrected chi connectivity index (χ3v) is 4.85. The molecular weight excluding hydrogens is 258 g/mol. The number of thiophene rings is 1. The minimum absolute atomic E-state index is 0.784. The lowest BCUT2D eigenvalue weighted by Gasteiger charge is -2.06. The minimum Gasteiger partial charge on any atom is -0.310 e. The monoisotopic (exact) mass is 275 g/mol. The molecule has 3 heteroatoms. The summed E-state index contributed by atoms with van der Waals surface area (Å²) in [7, 11) is 0. The highest BCUT2D eigenvalue weighted by Crippen LogP contribution is 2.25. The van der Waals surface area contributed by atoms with E-state index in [0.29, 0.717) is 0 Å². The fourth-order valence-electron chi connectivity index (χ4n) is 1.84. The Hall–Kier alpha value is -0.770. The molecule has 1 saturated carbocycles. The van der Waals surface area contributed by atoms with Crippen LogP contribution in [0.5, 0.6) is 0 Å². The lowest BCUT2D eigenvalue weighted by atomic mass is 10.2. The highest BCUT2D eigenvalue weighted by atomic mass is 32.2. The van der Waals surface area contributed by atoms with Crippen LogP contribution in [0.1, 0.15) is 24.0 Å². The van der Waals surface area contributed by atoms with Crippen LogP contribution in [0, 0.1) is 0 Å². The third kappa shape index (κ3) is 3.61. The summed E-state index contributed by atoms with van der Waals surface area (Å²) in [6.07, 6.45) is 2.71. The predicted octanol–water partition coefficient (Wildman–Crippen LogP) is 4.29. The van der Waals surface area contributed by atoms with Crippen LogP contribution in [-0.2, 0) is 12.3 Å². The summed E-state index contributed by atoms with van der Waals surface area (Å²) in [6.45, 7) is 1.01. The van der Waals surface area contributed by atoms with E-state index in [-0.39, 0.29) is 0 Å². The molecular formula is C15H17NS2. The summed E-state index contributed by atoms with van der Waals surface area (Å²) in [6, 6.07) is 11.9. The molecule has 0 saturated heterocycles. The van der Waals surface area contributed by atoms with E-state index >= 15 is 0 Å². The first-order valence-corrected chi connectivity index (χ1v) is 8.29. The molecule has 0 unspecified atom stereocenters. The van der Waals surface area contributed by atoms with Gasteiger partial charge in [0, 0.05) is 23.2 Å². The molecule has 94 valence electrons. The van der Waals surface area contributed by atoms with E-state index in [1.165, 1.54) is 28.9 Å². The zero-order chi connectivity index (χ0) is 12.2. The zero-order valence-corrected chi connectivity index (χ0v) is 11.9.